The van der Waals surface area contributed by atoms with Gasteiger partial charge in [0.15, 0.2) is 0 Å². The smallest absolute Gasteiger partial charge is 0.0921 e. The third-order valence-electron chi connectivity index (χ3n) is 4.78. The first kappa shape index (κ1) is 20.0. The van der Waals surface area contributed by atoms with Crippen molar-refractivity contribution in [1.29, 1.82) is 0 Å². The fourth-order valence-electron chi connectivity index (χ4n) is 3.31. The molecule has 7 N–H and O–H groups in total. The molecule has 0 aliphatic carbocycles. The number of hydrogen-bond donors (Lipinski definition) is 7. The topological polar surface area (TPSA) is 118 Å². The molecule has 2 atom stereocenters. The Balaban J connectivity index is 1.57. The third-order valence-corrected chi connectivity index (χ3v) is 4.78. The Kier molecular flexibility index (Phi) is 8.75. The van der Waals surface area contributed by atoms with Gasteiger partial charge in [0.2, 0.25) is 0 Å². The van der Waals surface area contributed by atoms with Crippen molar-refractivity contribution in [2.24, 2.45) is 0 Å². The van der Waals surface area contributed by atoms with E-state index in [4.69, 9.17) is 0 Å². The number of rotatable bonds is 4. The first-order chi connectivity index (χ1) is 13.4. The summed E-state index contributed by atoms with van der Waals surface area (Å²) in [6, 6.07) is 0.694. The van der Waals surface area contributed by atoms with Crippen molar-refractivity contribution in [3.05, 3.63) is 36.4 Å². The minimum absolute atomic E-state index is 0.347. The highest BCUT2D eigenvalue weighted by molar-refractivity contribution is 5.00. The van der Waals surface area contributed by atoms with Gasteiger partial charge < -0.3 is 36.6 Å². The Morgan fingerprint density at radius 1 is 0.667 bits per heavy atom. The Morgan fingerprint density at radius 3 is 1.81 bits per heavy atom. The van der Waals surface area contributed by atoms with Gasteiger partial charge in [0.25, 0.3) is 0 Å². The van der Waals surface area contributed by atoms with Crippen molar-refractivity contribution >= 4 is 0 Å². The molecule has 2 aromatic heterocycles. The molecular weight excluding hydrogens is 342 g/mol. The van der Waals surface area contributed by atoms with E-state index in [1.807, 2.05) is 12.4 Å². The maximum Gasteiger partial charge on any atom is 0.0921 e. The van der Waals surface area contributed by atoms with E-state index in [9.17, 15) is 0 Å². The highest BCUT2D eigenvalue weighted by Gasteiger charge is 2.15. The van der Waals surface area contributed by atoms with Crippen molar-refractivity contribution in [3.8, 4) is 0 Å². The number of nitrogens with zero attached hydrogens (tertiary/aromatic N) is 2. The van der Waals surface area contributed by atoms with Gasteiger partial charge in [-0.3, -0.25) is 0 Å². The summed E-state index contributed by atoms with van der Waals surface area (Å²) in [4.78, 5) is 14.7. The van der Waals surface area contributed by atoms with Gasteiger partial charge in [-0.25, -0.2) is 9.97 Å². The number of hydrogen-bond acceptors (Lipinski definition) is 7. The molecule has 0 spiro atoms. The Morgan fingerprint density at radius 2 is 1.22 bits per heavy atom. The lowest BCUT2D eigenvalue weighted by molar-refractivity contribution is 0.409. The molecule has 1 fully saturated rings. The number of H-pyrrole nitrogens is 2. The van der Waals surface area contributed by atoms with Crippen LogP contribution in [0.3, 0.4) is 0 Å². The molecule has 9 nitrogen and oxygen atoms in total. The van der Waals surface area contributed by atoms with E-state index in [1.54, 1.807) is 12.7 Å². The number of aromatic nitrogens is 4. The molecule has 9 heteroatoms. The number of imidazole rings is 2. The lowest BCUT2D eigenvalue weighted by Crippen LogP contribution is -2.49. The second kappa shape index (κ2) is 11.8. The standard InChI is InChI=1S/C18H33N9/c1-2-20-5-6-24-18(8-17-11-23-14-27-17)12-25-15(9-21-4-3-19-1)7-16-10-22-13-26-16/h10-11,13-15,18-21,24-25H,1-9,12H2,(H,22,26)(H,23,27)/t15-,18+/m1/s1. The summed E-state index contributed by atoms with van der Waals surface area (Å²) in [5.74, 6) is 0. The van der Waals surface area contributed by atoms with Gasteiger partial charge in [-0.1, -0.05) is 0 Å². The van der Waals surface area contributed by atoms with Crippen molar-refractivity contribution in [2.75, 3.05) is 52.4 Å². The van der Waals surface area contributed by atoms with E-state index in [-0.39, 0.29) is 0 Å². The molecule has 1 saturated heterocycles. The summed E-state index contributed by atoms with van der Waals surface area (Å²) in [6.07, 6.45) is 9.16. The van der Waals surface area contributed by atoms with Gasteiger partial charge in [0, 0.05) is 101 Å². The molecular formula is C18H33N9. The van der Waals surface area contributed by atoms with Crippen LogP contribution in [0.1, 0.15) is 11.4 Å². The summed E-state index contributed by atoms with van der Waals surface area (Å²) < 4.78 is 0. The number of nitrogens with one attached hydrogen (secondary N) is 7. The SMILES string of the molecule is c1ncc(C[C@H]2CN[C@H](Cc3cnc[nH]3)CNCCNCCNCCN2)[nH]1. The van der Waals surface area contributed by atoms with E-state index < -0.39 is 0 Å². The van der Waals surface area contributed by atoms with Crippen LogP contribution >= 0.6 is 0 Å². The maximum atomic E-state index is 4.14. The van der Waals surface area contributed by atoms with Crippen LogP contribution in [0.5, 0.6) is 0 Å². The molecule has 1 aliphatic rings. The molecule has 3 rings (SSSR count). The minimum atomic E-state index is 0.347. The molecule has 0 aromatic carbocycles. The second-order valence-corrected chi connectivity index (χ2v) is 7.02. The lowest BCUT2D eigenvalue weighted by Gasteiger charge is -2.24. The third kappa shape index (κ3) is 7.77. The van der Waals surface area contributed by atoms with Crippen LogP contribution in [-0.4, -0.2) is 84.4 Å². The first-order valence-corrected chi connectivity index (χ1v) is 9.93. The summed E-state index contributed by atoms with van der Waals surface area (Å²) >= 11 is 0. The molecule has 0 saturated carbocycles. The zero-order valence-electron chi connectivity index (χ0n) is 15.9. The van der Waals surface area contributed by atoms with Gasteiger partial charge >= 0.3 is 0 Å². The summed E-state index contributed by atoms with van der Waals surface area (Å²) in [5, 5.41) is 17.9. The first-order valence-electron chi connectivity index (χ1n) is 9.93. The normalized spacial score (nSPS) is 24.1. The number of aromatic amines is 2. The quantitative estimate of drug-likeness (QED) is 0.352. The summed E-state index contributed by atoms with van der Waals surface area (Å²) in [5.41, 5.74) is 2.32. The van der Waals surface area contributed by atoms with Crippen LogP contribution in [0.15, 0.2) is 25.0 Å². The zero-order chi connectivity index (χ0) is 18.6. The van der Waals surface area contributed by atoms with E-state index >= 15 is 0 Å². The second-order valence-electron chi connectivity index (χ2n) is 7.02. The fourth-order valence-corrected chi connectivity index (χ4v) is 3.31. The Hall–Kier alpha value is -1.78. The zero-order valence-corrected chi connectivity index (χ0v) is 15.9. The molecule has 0 amide bonds. The summed E-state index contributed by atoms with van der Waals surface area (Å²) in [7, 11) is 0. The molecule has 1 aliphatic heterocycles. The van der Waals surface area contributed by atoms with Crippen LogP contribution in [-0.2, 0) is 12.8 Å². The Bertz CT molecular complexity index is 532. The summed E-state index contributed by atoms with van der Waals surface area (Å²) in [6.45, 7) is 7.69. The lowest BCUT2D eigenvalue weighted by atomic mass is 10.1. The molecule has 0 unspecified atom stereocenters. The minimum Gasteiger partial charge on any atom is -0.348 e. The van der Waals surface area contributed by atoms with Crippen LogP contribution < -0.4 is 26.6 Å². The molecule has 150 valence electrons. The van der Waals surface area contributed by atoms with Gasteiger partial charge in [-0.15, -0.1) is 0 Å². The van der Waals surface area contributed by atoms with Crippen LogP contribution in [0, 0.1) is 0 Å². The molecule has 3 heterocycles. The fraction of sp³-hybridized carbons (Fsp3) is 0.667. The van der Waals surface area contributed by atoms with Crippen molar-refractivity contribution in [2.45, 2.75) is 24.9 Å². The average molecular weight is 376 g/mol. The van der Waals surface area contributed by atoms with Crippen molar-refractivity contribution in [1.82, 2.24) is 46.5 Å². The van der Waals surface area contributed by atoms with Gasteiger partial charge in [-0.2, -0.15) is 0 Å². The van der Waals surface area contributed by atoms with Gasteiger partial charge in [-0.05, 0) is 0 Å². The van der Waals surface area contributed by atoms with Gasteiger partial charge in [0.05, 0.1) is 12.7 Å². The van der Waals surface area contributed by atoms with E-state index in [0.29, 0.717) is 12.1 Å². The van der Waals surface area contributed by atoms with Crippen molar-refractivity contribution < 1.29 is 0 Å². The van der Waals surface area contributed by atoms with Crippen molar-refractivity contribution in [3.63, 3.8) is 0 Å². The van der Waals surface area contributed by atoms with Crippen LogP contribution in [0.25, 0.3) is 0 Å². The molecule has 0 bridgehead atoms. The monoisotopic (exact) mass is 375 g/mol. The van der Waals surface area contributed by atoms with E-state index in [1.165, 1.54) is 0 Å². The maximum absolute atomic E-state index is 4.14. The highest BCUT2D eigenvalue weighted by Crippen LogP contribution is 2.01. The largest absolute Gasteiger partial charge is 0.348 e. The average Bonchev–Trinajstić information content (AvgIpc) is 3.36. The molecule has 0 radical (unpaired) electrons. The van der Waals surface area contributed by atoms with Crippen LogP contribution in [0.4, 0.5) is 0 Å². The Labute approximate surface area is 160 Å². The van der Waals surface area contributed by atoms with Crippen LogP contribution in [0.2, 0.25) is 0 Å². The highest BCUT2D eigenvalue weighted by atomic mass is 15.1. The van der Waals surface area contributed by atoms with E-state index in [0.717, 1.165) is 76.6 Å². The predicted octanol–water partition coefficient (Wildman–Crippen LogP) is -1.38. The predicted molar refractivity (Wildman–Crippen MR) is 107 cm³/mol. The van der Waals surface area contributed by atoms with Gasteiger partial charge in [0.1, 0.15) is 0 Å². The van der Waals surface area contributed by atoms with E-state index in [2.05, 4.69) is 46.5 Å². The molecule has 2 aromatic rings. The molecule has 27 heavy (non-hydrogen) atoms.